The average Bonchev–Trinajstić information content (AvgIpc) is 3.39. The molecule has 196 valence electrons. The van der Waals surface area contributed by atoms with Gasteiger partial charge in [0.1, 0.15) is 0 Å². The van der Waals surface area contributed by atoms with Gasteiger partial charge in [-0.3, -0.25) is 14.5 Å². The molecule has 2 N–H and O–H groups in total. The molecule has 9 heteroatoms. The van der Waals surface area contributed by atoms with Crippen LogP contribution >= 0.6 is 0 Å². The number of hydrogen-bond donors (Lipinski definition) is 2. The zero-order valence-electron chi connectivity index (χ0n) is 21.7. The third-order valence-corrected chi connectivity index (χ3v) is 7.68. The molecule has 2 fully saturated rings. The predicted octanol–water partition coefficient (Wildman–Crippen LogP) is 2.87. The highest BCUT2D eigenvalue weighted by molar-refractivity contribution is 5.95. The lowest BCUT2D eigenvalue weighted by atomic mass is 10.1. The fourth-order valence-electron chi connectivity index (χ4n) is 5.57. The van der Waals surface area contributed by atoms with Gasteiger partial charge < -0.3 is 20.4 Å². The van der Waals surface area contributed by atoms with Gasteiger partial charge in [-0.15, -0.1) is 0 Å². The molecule has 3 aliphatic heterocycles. The number of amides is 2. The van der Waals surface area contributed by atoms with Crippen LogP contribution < -0.4 is 10.6 Å². The van der Waals surface area contributed by atoms with E-state index in [1.807, 2.05) is 47.4 Å². The number of piperazine rings is 1. The fourth-order valence-corrected chi connectivity index (χ4v) is 5.57. The summed E-state index contributed by atoms with van der Waals surface area (Å²) in [5.41, 5.74) is 5.16. The molecule has 0 radical (unpaired) electrons. The second kappa shape index (κ2) is 10.5. The second-order valence-corrected chi connectivity index (χ2v) is 10.5. The maximum atomic E-state index is 13.5. The lowest BCUT2D eigenvalue weighted by Gasteiger charge is -2.32. The Kier molecular flexibility index (Phi) is 6.78. The number of anilines is 2. The van der Waals surface area contributed by atoms with Crippen molar-refractivity contribution in [2.75, 3.05) is 45.1 Å². The monoisotopic (exact) mass is 511 g/mol. The van der Waals surface area contributed by atoms with Gasteiger partial charge in [0.15, 0.2) is 0 Å². The second-order valence-electron chi connectivity index (χ2n) is 10.5. The van der Waals surface area contributed by atoms with Crippen LogP contribution in [0.3, 0.4) is 0 Å². The Morgan fingerprint density at radius 3 is 2.74 bits per heavy atom. The highest BCUT2D eigenvalue weighted by atomic mass is 16.2. The summed E-state index contributed by atoms with van der Waals surface area (Å²) >= 11 is 0. The van der Waals surface area contributed by atoms with Crippen LogP contribution in [0, 0.1) is 0 Å². The van der Waals surface area contributed by atoms with Crippen molar-refractivity contribution in [2.45, 2.75) is 32.0 Å². The minimum atomic E-state index is -0.185. The smallest absolute Gasteiger partial charge is 0.254 e. The molecule has 0 unspecified atom stereocenters. The van der Waals surface area contributed by atoms with Crippen LogP contribution in [0.2, 0.25) is 0 Å². The molecule has 38 heavy (non-hydrogen) atoms. The van der Waals surface area contributed by atoms with Crippen molar-refractivity contribution in [1.82, 2.24) is 30.0 Å². The van der Waals surface area contributed by atoms with Gasteiger partial charge in [-0.25, -0.2) is 9.97 Å². The highest BCUT2D eigenvalue weighted by Gasteiger charge is 2.31. The largest absolute Gasteiger partial charge is 0.351 e. The molecule has 1 aromatic heterocycles. The number of likely N-dealkylation sites (N-methyl/N-ethyl adjacent to an activating group) is 1. The van der Waals surface area contributed by atoms with Gasteiger partial charge in [-0.1, -0.05) is 18.2 Å². The van der Waals surface area contributed by atoms with Crippen LogP contribution in [0.5, 0.6) is 0 Å². The molecule has 4 heterocycles. The summed E-state index contributed by atoms with van der Waals surface area (Å²) in [6.45, 7) is 5.05. The van der Waals surface area contributed by atoms with E-state index in [0.29, 0.717) is 37.7 Å². The first-order valence-electron chi connectivity index (χ1n) is 13.3. The third kappa shape index (κ3) is 5.25. The number of benzene rings is 2. The first-order chi connectivity index (χ1) is 18.5. The van der Waals surface area contributed by atoms with E-state index in [-0.39, 0.29) is 17.9 Å². The third-order valence-electron chi connectivity index (χ3n) is 7.68. The summed E-state index contributed by atoms with van der Waals surface area (Å²) in [4.78, 5) is 42.3. The van der Waals surface area contributed by atoms with E-state index in [1.165, 1.54) is 0 Å². The standard InChI is InChI=1S/C29H33N7O2/c1-34-10-12-35(13-11-34)28(38)23-15-21-16-24(17-23)32-29-30-8-7-25(33-29)22-5-2-4-20(14-22)18-31-27(37)26-6-3-9-36(26)19-21/h2,4-5,7-8,14-17,26H,3,6,9-13,18-19H2,1H3,(H,31,37)(H,30,32,33)/t26-/m0/s1. The van der Waals surface area contributed by atoms with Crippen LogP contribution in [0.25, 0.3) is 11.3 Å². The number of carbonyl (C=O) groups excluding carboxylic acids is 2. The van der Waals surface area contributed by atoms with Crippen LogP contribution in [-0.2, 0) is 17.9 Å². The summed E-state index contributed by atoms with van der Waals surface area (Å²) in [5, 5.41) is 6.49. The fraction of sp³-hybridized carbons (Fsp3) is 0.379. The summed E-state index contributed by atoms with van der Waals surface area (Å²) in [7, 11) is 2.08. The quantitative estimate of drug-likeness (QED) is 0.519. The maximum Gasteiger partial charge on any atom is 0.254 e. The molecule has 3 aromatic rings. The Morgan fingerprint density at radius 1 is 1.00 bits per heavy atom. The first-order valence-corrected chi connectivity index (χ1v) is 13.3. The average molecular weight is 512 g/mol. The molecule has 0 aliphatic carbocycles. The topological polar surface area (TPSA) is 93.7 Å². The lowest BCUT2D eigenvalue weighted by molar-refractivity contribution is -0.125. The van der Waals surface area contributed by atoms with E-state index in [2.05, 4.69) is 38.5 Å². The van der Waals surface area contributed by atoms with Crippen molar-refractivity contribution in [2.24, 2.45) is 0 Å². The Balaban J connectivity index is 1.39. The molecule has 6 rings (SSSR count). The van der Waals surface area contributed by atoms with E-state index in [1.54, 1.807) is 6.20 Å². The number of rotatable bonds is 1. The van der Waals surface area contributed by atoms with Crippen molar-refractivity contribution in [3.8, 4) is 11.3 Å². The Bertz CT molecular complexity index is 1350. The molecule has 6 bridgehead atoms. The van der Waals surface area contributed by atoms with Crippen molar-refractivity contribution in [1.29, 1.82) is 0 Å². The van der Waals surface area contributed by atoms with Crippen molar-refractivity contribution >= 4 is 23.5 Å². The van der Waals surface area contributed by atoms with E-state index in [4.69, 9.17) is 4.98 Å². The molecule has 2 aromatic carbocycles. The maximum absolute atomic E-state index is 13.5. The van der Waals surface area contributed by atoms with E-state index < -0.39 is 0 Å². The first kappa shape index (κ1) is 24.5. The number of hydrogen-bond acceptors (Lipinski definition) is 7. The number of carbonyl (C=O) groups is 2. The van der Waals surface area contributed by atoms with Crippen LogP contribution in [0.15, 0.2) is 54.7 Å². The van der Waals surface area contributed by atoms with Crippen LogP contribution in [-0.4, -0.2) is 82.3 Å². The Labute approximate surface area is 222 Å². The summed E-state index contributed by atoms with van der Waals surface area (Å²) < 4.78 is 0. The van der Waals surface area contributed by atoms with Crippen molar-refractivity contribution in [3.05, 3.63) is 71.4 Å². The Hall–Kier alpha value is -3.82. The van der Waals surface area contributed by atoms with Gasteiger partial charge in [-0.05, 0) is 67.9 Å². The summed E-state index contributed by atoms with van der Waals surface area (Å²) in [6, 6.07) is 15.7. The normalized spacial score (nSPS) is 20.4. The van der Waals surface area contributed by atoms with Gasteiger partial charge >= 0.3 is 0 Å². The molecule has 1 atom stereocenters. The number of fused-ring (bicyclic) bond motifs is 8. The molecule has 2 amide bonds. The summed E-state index contributed by atoms with van der Waals surface area (Å²) in [6.07, 6.45) is 3.53. The number of nitrogens with zero attached hydrogens (tertiary/aromatic N) is 5. The SMILES string of the molecule is CN1CCN(C(=O)c2cc3cc(c2)Nc2nccc(n2)-c2cccc(c2)CNC(=O)[C@@H]2CCCN2C3)CC1. The number of nitrogens with one attached hydrogen (secondary N) is 2. The molecule has 2 saturated heterocycles. The zero-order chi connectivity index (χ0) is 26.1. The van der Waals surface area contributed by atoms with Crippen molar-refractivity contribution in [3.63, 3.8) is 0 Å². The van der Waals surface area contributed by atoms with Gasteiger partial charge in [0.05, 0.1) is 11.7 Å². The lowest BCUT2D eigenvalue weighted by Crippen LogP contribution is -2.47. The number of aromatic nitrogens is 2. The van der Waals surface area contributed by atoms with E-state index >= 15 is 0 Å². The van der Waals surface area contributed by atoms with Gasteiger partial charge in [0, 0.05) is 62.3 Å². The van der Waals surface area contributed by atoms with E-state index in [9.17, 15) is 9.59 Å². The molecule has 0 spiro atoms. The van der Waals surface area contributed by atoms with E-state index in [0.717, 1.165) is 60.5 Å². The Morgan fingerprint density at radius 2 is 1.87 bits per heavy atom. The minimum absolute atomic E-state index is 0.0274. The van der Waals surface area contributed by atoms with Crippen molar-refractivity contribution < 1.29 is 9.59 Å². The molecular formula is C29H33N7O2. The minimum Gasteiger partial charge on any atom is -0.351 e. The predicted molar refractivity (Wildman–Crippen MR) is 146 cm³/mol. The molecular weight excluding hydrogens is 478 g/mol. The highest BCUT2D eigenvalue weighted by Crippen LogP contribution is 2.26. The molecule has 0 saturated carbocycles. The van der Waals surface area contributed by atoms with Gasteiger partial charge in [-0.2, -0.15) is 0 Å². The zero-order valence-corrected chi connectivity index (χ0v) is 21.7. The summed E-state index contributed by atoms with van der Waals surface area (Å²) in [5.74, 6) is 0.550. The van der Waals surface area contributed by atoms with Gasteiger partial charge in [0.25, 0.3) is 5.91 Å². The van der Waals surface area contributed by atoms with Crippen LogP contribution in [0.1, 0.15) is 34.3 Å². The van der Waals surface area contributed by atoms with Gasteiger partial charge in [0.2, 0.25) is 11.9 Å². The molecule has 3 aliphatic rings. The van der Waals surface area contributed by atoms with Crippen LogP contribution in [0.4, 0.5) is 11.6 Å². The molecule has 9 nitrogen and oxygen atoms in total.